The molecule has 0 radical (unpaired) electrons. The number of carbonyl (C=O) groups is 1. The van der Waals surface area contributed by atoms with Crippen LogP contribution in [0.2, 0.25) is 5.02 Å². The summed E-state index contributed by atoms with van der Waals surface area (Å²) in [6.45, 7) is 7.69. The van der Waals surface area contributed by atoms with E-state index in [1.54, 1.807) is 6.92 Å². The number of aryl methyl sites for hydroxylation is 1. The third-order valence-corrected chi connectivity index (χ3v) is 5.24. The molecule has 162 valence electrons. The molecule has 0 spiro atoms. The predicted octanol–water partition coefficient (Wildman–Crippen LogP) is 4.51. The van der Waals surface area contributed by atoms with Gasteiger partial charge in [-0.05, 0) is 37.5 Å². The Morgan fingerprint density at radius 1 is 1.37 bits per heavy atom. The molecule has 9 heteroatoms. The number of alkyl halides is 3. The van der Waals surface area contributed by atoms with Gasteiger partial charge in [0.15, 0.2) is 0 Å². The lowest BCUT2D eigenvalue weighted by Crippen LogP contribution is -2.51. The van der Waals surface area contributed by atoms with Crippen LogP contribution in [-0.2, 0) is 6.18 Å². The number of rotatable bonds is 5. The number of pyridine rings is 2. The van der Waals surface area contributed by atoms with E-state index in [9.17, 15) is 18.0 Å². The Kier molecular flexibility index (Phi) is 6.67. The molecule has 0 saturated carbocycles. The number of ketones is 1. The van der Waals surface area contributed by atoms with Gasteiger partial charge in [-0.2, -0.15) is 13.2 Å². The second-order valence-corrected chi connectivity index (χ2v) is 8.34. The molecule has 0 aliphatic carbocycles. The van der Waals surface area contributed by atoms with Gasteiger partial charge in [-0.15, -0.1) is 0 Å². The van der Waals surface area contributed by atoms with Gasteiger partial charge in [-0.3, -0.25) is 9.78 Å². The monoisotopic (exact) mass is 440 g/mol. The number of nitrogens with one attached hydrogen (secondary N) is 1. The molecule has 1 fully saturated rings. The minimum Gasteiger partial charge on any atom is -0.354 e. The average Bonchev–Trinajstić information content (AvgIpc) is 2.68. The lowest BCUT2D eigenvalue weighted by Gasteiger charge is -2.35. The van der Waals surface area contributed by atoms with Crippen LogP contribution in [0.1, 0.15) is 47.6 Å². The van der Waals surface area contributed by atoms with Crippen LogP contribution in [0.3, 0.4) is 0 Å². The highest BCUT2D eigenvalue weighted by atomic mass is 35.5. The van der Waals surface area contributed by atoms with Gasteiger partial charge in [0.05, 0.1) is 10.6 Å². The second kappa shape index (κ2) is 8.89. The third kappa shape index (κ3) is 5.10. The van der Waals surface area contributed by atoms with Gasteiger partial charge >= 0.3 is 6.18 Å². The zero-order chi connectivity index (χ0) is 22.1. The van der Waals surface area contributed by atoms with E-state index in [0.717, 1.165) is 12.5 Å². The number of hydrogen-bond donors (Lipinski definition) is 1. The van der Waals surface area contributed by atoms with E-state index in [2.05, 4.69) is 29.1 Å². The maximum Gasteiger partial charge on any atom is 0.418 e. The highest BCUT2D eigenvalue weighted by molar-refractivity contribution is 6.31. The summed E-state index contributed by atoms with van der Waals surface area (Å²) in [5.74, 6) is -0.00163. The van der Waals surface area contributed by atoms with Crippen molar-refractivity contribution in [1.82, 2.24) is 15.3 Å². The number of anilines is 1. The molecular weight excluding hydrogens is 417 g/mol. The molecule has 1 N–H and O–H groups in total. The molecule has 3 rings (SSSR count). The first-order valence-corrected chi connectivity index (χ1v) is 10.2. The third-order valence-electron chi connectivity index (χ3n) is 5.03. The summed E-state index contributed by atoms with van der Waals surface area (Å²) in [4.78, 5) is 23.1. The van der Waals surface area contributed by atoms with Gasteiger partial charge in [0.1, 0.15) is 11.5 Å². The van der Waals surface area contributed by atoms with E-state index in [1.807, 2.05) is 4.90 Å². The van der Waals surface area contributed by atoms with Crippen molar-refractivity contribution < 1.29 is 18.0 Å². The minimum atomic E-state index is -4.71. The fourth-order valence-electron chi connectivity index (χ4n) is 3.65. The summed E-state index contributed by atoms with van der Waals surface area (Å²) in [5, 5.41) is 3.60. The molecule has 0 aromatic carbocycles. The van der Waals surface area contributed by atoms with E-state index in [4.69, 9.17) is 11.6 Å². The zero-order valence-corrected chi connectivity index (χ0v) is 17.8. The Morgan fingerprint density at radius 2 is 2.10 bits per heavy atom. The van der Waals surface area contributed by atoms with Crippen molar-refractivity contribution in [2.45, 2.75) is 39.4 Å². The molecule has 1 aliphatic rings. The number of hydrogen-bond acceptors (Lipinski definition) is 5. The highest BCUT2D eigenvalue weighted by Gasteiger charge is 2.37. The summed E-state index contributed by atoms with van der Waals surface area (Å²) in [7, 11) is 0. The number of carbonyl (C=O) groups excluding carboxylic acids is 1. The van der Waals surface area contributed by atoms with Gasteiger partial charge in [-0.25, -0.2) is 4.98 Å². The van der Waals surface area contributed by atoms with E-state index < -0.39 is 23.2 Å². The maximum absolute atomic E-state index is 13.6. The molecule has 0 unspecified atom stereocenters. The van der Waals surface area contributed by atoms with Crippen molar-refractivity contribution >= 4 is 23.2 Å². The summed E-state index contributed by atoms with van der Waals surface area (Å²) in [6, 6.07) is 3.80. The molecule has 1 saturated heterocycles. The zero-order valence-electron chi connectivity index (χ0n) is 17.1. The van der Waals surface area contributed by atoms with Crippen molar-refractivity contribution in [3.05, 3.63) is 51.9 Å². The molecule has 3 heterocycles. The van der Waals surface area contributed by atoms with Gasteiger partial charge in [0.2, 0.25) is 5.78 Å². The Hall–Kier alpha value is -2.19. The van der Waals surface area contributed by atoms with Crippen molar-refractivity contribution in [2.75, 3.05) is 24.5 Å². The van der Waals surface area contributed by atoms with E-state index >= 15 is 0 Å². The first-order valence-electron chi connectivity index (χ1n) is 9.79. The van der Waals surface area contributed by atoms with E-state index in [0.29, 0.717) is 37.1 Å². The molecule has 5 nitrogen and oxygen atoms in total. The molecule has 1 atom stereocenters. The highest BCUT2D eigenvalue weighted by Crippen LogP contribution is 2.34. The molecule has 0 amide bonds. The summed E-state index contributed by atoms with van der Waals surface area (Å²) in [6.07, 6.45) is -2.42. The maximum atomic E-state index is 13.6. The normalized spacial score (nSPS) is 17.5. The quantitative estimate of drug-likeness (QED) is 0.693. The second-order valence-electron chi connectivity index (χ2n) is 7.91. The Bertz CT molecular complexity index is 933. The number of piperazine rings is 1. The Balaban J connectivity index is 2.01. The molecule has 2 aromatic rings. The minimum absolute atomic E-state index is 0.00986. The molecule has 30 heavy (non-hydrogen) atoms. The molecule has 1 aliphatic heterocycles. The first-order chi connectivity index (χ1) is 14.1. The van der Waals surface area contributed by atoms with Crippen LogP contribution >= 0.6 is 11.6 Å². The van der Waals surface area contributed by atoms with E-state index in [-0.39, 0.29) is 16.6 Å². The van der Waals surface area contributed by atoms with Gasteiger partial charge in [0, 0.05) is 43.1 Å². The van der Waals surface area contributed by atoms with Crippen LogP contribution in [0.15, 0.2) is 24.4 Å². The van der Waals surface area contributed by atoms with Crippen LogP contribution in [0.4, 0.5) is 19.0 Å². The first kappa shape index (κ1) is 22.5. The fraction of sp³-hybridized carbons (Fsp3) is 0.476. The van der Waals surface area contributed by atoms with Crippen LogP contribution in [0, 0.1) is 12.8 Å². The summed E-state index contributed by atoms with van der Waals surface area (Å²) < 4.78 is 40.9. The van der Waals surface area contributed by atoms with Crippen molar-refractivity contribution in [3.8, 4) is 0 Å². The van der Waals surface area contributed by atoms with E-state index in [1.165, 1.54) is 18.3 Å². The molecule has 2 aromatic heterocycles. The summed E-state index contributed by atoms with van der Waals surface area (Å²) in [5.41, 5.74) is -1.39. The molecule has 0 bridgehead atoms. The Labute approximate surface area is 178 Å². The van der Waals surface area contributed by atoms with Crippen molar-refractivity contribution in [1.29, 1.82) is 0 Å². The number of nitrogens with zero attached hydrogens (tertiary/aromatic N) is 3. The topological polar surface area (TPSA) is 58.1 Å². The van der Waals surface area contributed by atoms with Crippen LogP contribution < -0.4 is 10.2 Å². The largest absolute Gasteiger partial charge is 0.418 e. The SMILES string of the molecule is Cc1ncc(Cl)cc1C(=O)c1nc(N2CCN[C@@H](CC(C)C)C2)ccc1C(F)(F)F. The van der Waals surface area contributed by atoms with Crippen LogP contribution in [0.5, 0.6) is 0 Å². The van der Waals surface area contributed by atoms with Gasteiger partial charge in [-0.1, -0.05) is 25.4 Å². The number of halogens is 4. The lowest BCUT2D eigenvalue weighted by atomic mass is 10.0. The average molecular weight is 441 g/mol. The summed E-state index contributed by atoms with van der Waals surface area (Å²) >= 11 is 5.92. The van der Waals surface area contributed by atoms with Crippen molar-refractivity contribution in [3.63, 3.8) is 0 Å². The lowest BCUT2D eigenvalue weighted by molar-refractivity contribution is -0.138. The Morgan fingerprint density at radius 3 is 2.77 bits per heavy atom. The molecular formula is C21H24ClF3N4O. The van der Waals surface area contributed by atoms with Crippen LogP contribution in [-0.4, -0.2) is 41.4 Å². The van der Waals surface area contributed by atoms with Crippen LogP contribution in [0.25, 0.3) is 0 Å². The van der Waals surface area contributed by atoms with Gasteiger partial charge in [0.25, 0.3) is 0 Å². The van der Waals surface area contributed by atoms with Gasteiger partial charge < -0.3 is 10.2 Å². The van der Waals surface area contributed by atoms with Crippen molar-refractivity contribution in [2.24, 2.45) is 5.92 Å². The number of aromatic nitrogens is 2. The smallest absolute Gasteiger partial charge is 0.354 e. The standard InChI is InChI=1S/C21H24ClF3N4O/c1-12(2)8-15-11-29(7-6-26-15)18-5-4-17(21(23,24)25)19(28-18)20(30)16-9-14(22)10-27-13(16)3/h4-5,9-10,12,15,26H,6-8,11H2,1-3H3/t15-/m0/s1. The fourth-order valence-corrected chi connectivity index (χ4v) is 3.81. The predicted molar refractivity (Wildman–Crippen MR) is 110 cm³/mol.